The lowest BCUT2D eigenvalue weighted by Crippen LogP contribution is -2.44. The Morgan fingerprint density at radius 2 is 2.00 bits per heavy atom. The number of ether oxygens (including phenoxy) is 2. The maximum absolute atomic E-state index is 12.1. The molecule has 0 amide bonds. The lowest BCUT2D eigenvalue weighted by molar-refractivity contribution is -0.202. The molecule has 0 fully saturated rings. The van der Waals surface area contributed by atoms with Gasteiger partial charge in [0.05, 0.1) is 0 Å². The van der Waals surface area contributed by atoms with Crippen molar-refractivity contribution in [3.05, 3.63) is 24.3 Å². The quantitative estimate of drug-likeness (QED) is 0.872. The van der Waals surface area contributed by atoms with Crippen molar-refractivity contribution in [3.63, 3.8) is 0 Å². The number of aliphatic hydroxyl groups is 1. The molecule has 0 radical (unpaired) electrons. The molecule has 1 aliphatic heterocycles. The van der Waals surface area contributed by atoms with Crippen LogP contribution in [0.4, 0.5) is 13.2 Å². The van der Waals surface area contributed by atoms with Crippen LogP contribution in [0.3, 0.4) is 0 Å². The van der Waals surface area contributed by atoms with E-state index in [9.17, 15) is 13.2 Å². The molecule has 4 nitrogen and oxygen atoms in total. The zero-order chi connectivity index (χ0) is 13.9. The number of halogens is 3. The molecule has 0 bridgehead atoms. The average Bonchev–Trinajstić information content (AvgIpc) is 2.37. The molecular weight excluding hydrogens is 263 g/mol. The second kappa shape index (κ2) is 5.66. The highest BCUT2D eigenvalue weighted by Gasteiger charge is 2.37. The molecule has 0 unspecified atom stereocenters. The van der Waals surface area contributed by atoms with Gasteiger partial charge in [-0.15, -0.1) is 0 Å². The number of nitrogens with one attached hydrogen (secondary N) is 1. The van der Waals surface area contributed by atoms with Gasteiger partial charge < -0.3 is 19.9 Å². The highest BCUT2D eigenvalue weighted by molar-refractivity contribution is 5.40. The smallest absolute Gasteiger partial charge is 0.415 e. The fourth-order valence-electron chi connectivity index (χ4n) is 1.66. The van der Waals surface area contributed by atoms with Gasteiger partial charge >= 0.3 is 6.18 Å². The molecule has 0 aromatic heterocycles. The minimum Gasteiger partial charge on any atom is -0.486 e. The summed E-state index contributed by atoms with van der Waals surface area (Å²) in [5.41, 5.74) is 0. The van der Waals surface area contributed by atoms with Crippen LogP contribution in [0.5, 0.6) is 11.5 Å². The van der Waals surface area contributed by atoms with Gasteiger partial charge in [0.15, 0.2) is 17.6 Å². The van der Waals surface area contributed by atoms with Gasteiger partial charge in [0.1, 0.15) is 12.7 Å². The minimum atomic E-state index is -4.61. The van der Waals surface area contributed by atoms with E-state index >= 15 is 0 Å². The van der Waals surface area contributed by atoms with E-state index in [0.717, 1.165) is 0 Å². The molecule has 2 N–H and O–H groups in total. The molecule has 2 rings (SSSR count). The molecule has 0 saturated heterocycles. The number of aliphatic hydroxyl groups excluding tert-OH is 1. The van der Waals surface area contributed by atoms with Crippen LogP contribution in [-0.4, -0.2) is 43.2 Å². The first-order chi connectivity index (χ1) is 8.97. The molecule has 7 heteroatoms. The number of benzene rings is 1. The maximum atomic E-state index is 12.1. The van der Waals surface area contributed by atoms with Crippen molar-refractivity contribution in [2.45, 2.75) is 18.4 Å². The number of fused-ring (bicyclic) bond motifs is 1. The number of hydrogen-bond donors (Lipinski definition) is 2. The van der Waals surface area contributed by atoms with Crippen LogP contribution in [0.2, 0.25) is 0 Å². The van der Waals surface area contributed by atoms with Gasteiger partial charge in [-0.1, -0.05) is 12.1 Å². The van der Waals surface area contributed by atoms with Crippen LogP contribution >= 0.6 is 0 Å². The van der Waals surface area contributed by atoms with Crippen LogP contribution in [-0.2, 0) is 0 Å². The van der Waals surface area contributed by atoms with Gasteiger partial charge in [-0.05, 0) is 12.1 Å². The summed E-state index contributed by atoms with van der Waals surface area (Å²) in [6.45, 7) is -0.140. The molecule has 1 aromatic carbocycles. The first-order valence-corrected chi connectivity index (χ1v) is 5.81. The molecule has 2 atom stereocenters. The minimum absolute atomic E-state index is 0.168. The van der Waals surface area contributed by atoms with Crippen LogP contribution < -0.4 is 14.8 Å². The normalized spacial score (nSPS) is 20.1. The second-order valence-electron chi connectivity index (χ2n) is 4.21. The summed E-state index contributed by atoms with van der Waals surface area (Å²) >= 11 is 0. The monoisotopic (exact) mass is 277 g/mol. The van der Waals surface area contributed by atoms with Crippen LogP contribution in [0.15, 0.2) is 24.3 Å². The summed E-state index contributed by atoms with van der Waals surface area (Å²) < 4.78 is 47.2. The average molecular weight is 277 g/mol. The Morgan fingerprint density at radius 3 is 2.68 bits per heavy atom. The Kier molecular flexibility index (Phi) is 4.16. The first-order valence-electron chi connectivity index (χ1n) is 5.81. The van der Waals surface area contributed by atoms with Crippen LogP contribution in [0.1, 0.15) is 0 Å². The van der Waals surface area contributed by atoms with E-state index in [2.05, 4.69) is 5.32 Å². The molecular formula is C12H14F3NO3. The van der Waals surface area contributed by atoms with Gasteiger partial charge in [0.2, 0.25) is 0 Å². The third kappa shape index (κ3) is 3.74. The van der Waals surface area contributed by atoms with E-state index in [1.807, 2.05) is 0 Å². The van der Waals surface area contributed by atoms with Gasteiger partial charge in [-0.3, -0.25) is 0 Å². The van der Waals surface area contributed by atoms with E-state index < -0.39 is 18.8 Å². The Hall–Kier alpha value is -1.47. The zero-order valence-electron chi connectivity index (χ0n) is 9.98. The van der Waals surface area contributed by atoms with Gasteiger partial charge in [0, 0.05) is 13.1 Å². The standard InChI is InChI=1S/C12H14F3NO3/c13-12(14,15)11(17)6-16-5-8-7-18-9-3-1-2-4-10(9)19-8/h1-4,8,11,16-17H,5-7H2/t8-,11-/m1/s1. The molecule has 1 aromatic rings. The largest absolute Gasteiger partial charge is 0.486 e. The summed E-state index contributed by atoms with van der Waals surface area (Å²) in [7, 11) is 0. The Balaban J connectivity index is 1.77. The molecule has 0 spiro atoms. The van der Waals surface area contributed by atoms with Crippen molar-refractivity contribution in [2.24, 2.45) is 0 Å². The number of para-hydroxylation sites is 2. The van der Waals surface area contributed by atoms with Crippen molar-refractivity contribution in [1.82, 2.24) is 5.32 Å². The molecule has 106 valence electrons. The molecule has 1 aliphatic rings. The fraction of sp³-hybridized carbons (Fsp3) is 0.500. The molecule has 1 heterocycles. The first kappa shape index (κ1) is 14.0. The Bertz CT molecular complexity index is 425. The predicted octanol–water partition coefficient (Wildman–Crippen LogP) is 1.34. The van der Waals surface area contributed by atoms with E-state index in [1.165, 1.54) is 0 Å². The van der Waals surface area contributed by atoms with E-state index in [1.54, 1.807) is 24.3 Å². The third-order valence-corrected chi connectivity index (χ3v) is 2.66. The topological polar surface area (TPSA) is 50.7 Å². The lowest BCUT2D eigenvalue weighted by atomic mass is 10.2. The SMILES string of the molecule is O[C@H](CNC[C@@H]1COc2ccccc2O1)C(F)(F)F. The number of rotatable bonds is 4. The van der Waals surface area contributed by atoms with Crippen LogP contribution in [0.25, 0.3) is 0 Å². The van der Waals surface area contributed by atoms with Crippen molar-refractivity contribution in [3.8, 4) is 11.5 Å². The number of hydrogen-bond acceptors (Lipinski definition) is 4. The summed E-state index contributed by atoms with van der Waals surface area (Å²) in [6.07, 6.45) is -7.36. The third-order valence-electron chi connectivity index (χ3n) is 2.66. The lowest BCUT2D eigenvalue weighted by Gasteiger charge is -2.27. The van der Waals surface area contributed by atoms with Crippen molar-refractivity contribution in [2.75, 3.05) is 19.7 Å². The fourth-order valence-corrected chi connectivity index (χ4v) is 1.66. The zero-order valence-corrected chi connectivity index (χ0v) is 9.98. The van der Waals surface area contributed by atoms with E-state index in [4.69, 9.17) is 14.6 Å². The summed E-state index contributed by atoms with van der Waals surface area (Å²) in [5.74, 6) is 1.19. The highest BCUT2D eigenvalue weighted by atomic mass is 19.4. The summed E-state index contributed by atoms with van der Waals surface area (Å²) in [5, 5.41) is 11.3. The predicted molar refractivity (Wildman–Crippen MR) is 61.3 cm³/mol. The second-order valence-corrected chi connectivity index (χ2v) is 4.21. The Labute approximate surface area is 108 Å². The van der Waals surface area contributed by atoms with Crippen molar-refractivity contribution < 1.29 is 27.8 Å². The van der Waals surface area contributed by atoms with Crippen molar-refractivity contribution >= 4 is 0 Å². The summed E-state index contributed by atoms with van der Waals surface area (Å²) in [4.78, 5) is 0. The summed E-state index contributed by atoms with van der Waals surface area (Å²) in [6, 6.07) is 7.07. The van der Waals surface area contributed by atoms with Crippen molar-refractivity contribution in [1.29, 1.82) is 0 Å². The van der Waals surface area contributed by atoms with Gasteiger partial charge in [0.25, 0.3) is 0 Å². The van der Waals surface area contributed by atoms with Gasteiger partial charge in [-0.25, -0.2) is 0 Å². The number of alkyl halides is 3. The molecule has 0 saturated carbocycles. The van der Waals surface area contributed by atoms with E-state index in [-0.39, 0.29) is 19.3 Å². The molecule has 0 aliphatic carbocycles. The Morgan fingerprint density at radius 1 is 1.32 bits per heavy atom. The van der Waals surface area contributed by atoms with Gasteiger partial charge in [-0.2, -0.15) is 13.2 Å². The van der Waals surface area contributed by atoms with Crippen LogP contribution in [0, 0.1) is 0 Å². The highest BCUT2D eigenvalue weighted by Crippen LogP contribution is 2.30. The molecule has 19 heavy (non-hydrogen) atoms. The van der Waals surface area contributed by atoms with E-state index in [0.29, 0.717) is 11.5 Å². The maximum Gasteiger partial charge on any atom is 0.415 e.